The van der Waals surface area contributed by atoms with Crippen molar-refractivity contribution in [2.24, 2.45) is 0 Å². The maximum Gasteiger partial charge on any atom is 0.147 e. The van der Waals surface area contributed by atoms with Gasteiger partial charge in [-0.2, -0.15) is 0 Å². The summed E-state index contributed by atoms with van der Waals surface area (Å²) < 4.78 is 10.8. The van der Waals surface area contributed by atoms with Crippen molar-refractivity contribution in [3.63, 3.8) is 0 Å². The van der Waals surface area contributed by atoms with Gasteiger partial charge in [-0.3, -0.25) is 0 Å². The lowest BCUT2D eigenvalue weighted by Gasteiger charge is -2.39. The zero-order valence-corrected chi connectivity index (χ0v) is 8.66. The van der Waals surface area contributed by atoms with Gasteiger partial charge in [0, 0.05) is 13.5 Å². The highest BCUT2D eigenvalue weighted by Crippen LogP contribution is 2.38. The molecular formula is C11H18O3. The summed E-state index contributed by atoms with van der Waals surface area (Å²) in [7, 11) is 1.66. The van der Waals surface area contributed by atoms with Crippen LogP contribution in [0.5, 0.6) is 0 Å². The highest BCUT2D eigenvalue weighted by molar-refractivity contribution is 5.17. The molecule has 1 N–H and O–H groups in total. The summed E-state index contributed by atoms with van der Waals surface area (Å²) in [4.78, 5) is 0. The zero-order valence-electron chi connectivity index (χ0n) is 8.66. The number of hydrogen-bond acceptors (Lipinski definition) is 3. The Hall–Kier alpha value is -0.540. The Morgan fingerprint density at radius 3 is 3.07 bits per heavy atom. The van der Waals surface area contributed by atoms with Crippen molar-refractivity contribution in [3.05, 3.63) is 11.8 Å². The second-order valence-electron chi connectivity index (χ2n) is 4.10. The van der Waals surface area contributed by atoms with E-state index in [9.17, 15) is 5.11 Å². The molecule has 0 aromatic carbocycles. The normalized spacial score (nSPS) is 37.9. The van der Waals surface area contributed by atoms with Crippen LogP contribution in [0.1, 0.15) is 32.1 Å². The van der Waals surface area contributed by atoms with E-state index in [2.05, 4.69) is 0 Å². The third-order valence-corrected chi connectivity index (χ3v) is 3.22. The topological polar surface area (TPSA) is 38.7 Å². The summed E-state index contributed by atoms with van der Waals surface area (Å²) in [6, 6.07) is 0. The molecule has 2 unspecified atom stereocenters. The van der Waals surface area contributed by atoms with Gasteiger partial charge in [-0.15, -0.1) is 0 Å². The zero-order chi connectivity index (χ0) is 10.0. The first kappa shape index (κ1) is 9.99. The van der Waals surface area contributed by atoms with E-state index in [0.29, 0.717) is 6.61 Å². The van der Waals surface area contributed by atoms with Crippen molar-refractivity contribution in [1.82, 2.24) is 0 Å². The summed E-state index contributed by atoms with van der Waals surface area (Å²) in [5.41, 5.74) is -0.858. The highest BCUT2D eigenvalue weighted by Gasteiger charge is 2.44. The Kier molecular flexibility index (Phi) is 2.79. The molecule has 14 heavy (non-hydrogen) atoms. The fraction of sp³-hybridized carbons (Fsp3) is 0.818. The van der Waals surface area contributed by atoms with Crippen molar-refractivity contribution >= 4 is 0 Å². The summed E-state index contributed by atoms with van der Waals surface area (Å²) in [6.07, 6.45) is 6.68. The standard InChI is InChI=1S/C11H18O3/c1-13-9-5-2-3-7-11(9,12)10-6-4-8-14-10/h6,9,12H,2-5,7-8H2,1H3. The third kappa shape index (κ3) is 1.55. The van der Waals surface area contributed by atoms with Crippen LogP contribution < -0.4 is 0 Å². The predicted molar refractivity (Wildman–Crippen MR) is 52.9 cm³/mol. The predicted octanol–water partition coefficient (Wildman–Crippen LogP) is 1.61. The molecule has 0 aromatic rings. The van der Waals surface area contributed by atoms with E-state index in [4.69, 9.17) is 9.47 Å². The molecule has 0 radical (unpaired) electrons. The maximum atomic E-state index is 10.5. The van der Waals surface area contributed by atoms with Crippen LogP contribution in [0.2, 0.25) is 0 Å². The molecular weight excluding hydrogens is 180 g/mol. The van der Waals surface area contributed by atoms with E-state index in [0.717, 1.165) is 37.9 Å². The molecule has 1 aliphatic carbocycles. The molecule has 1 aliphatic heterocycles. The Balaban J connectivity index is 2.17. The molecule has 2 rings (SSSR count). The van der Waals surface area contributed by atoms with E-state index in [1.807, 2.05) is 6.08 Å². The first-order valence-corrected chi connectivity index (χ1v) is 5.36. The van der Waals surface area contributed by atoms with E-state index in [-0.39, 0.29) is 6.10 Å². The maximum absolute atomic E-state index is 10.5. The molecule has 3 nitrogen and oxygen atoms in total. The van der Waals surface area contributed by atoms with Crippen molar-refractivity contribution < 1.29 is 14.6 Å². The van der Waals surface area contributed by atoms with E-state index in [1.54, 1.807) is 7.11 Å². The SMILES string of the molecule is COC1CCCCC1(O)C1=CCCO1. The van der Waals surface area contributed by atoms with Gasteiger partial charge in [0.05, 0.1) is 12.7 Å². The Bertz CT molecular complexity index is 237. The van der Waals surface area contributed by atoms with Gasteiger partial charge < -0.3 is 14.6 Å². The Morgan fingerprint density at radius 1 is 1.57 bits per heavy atom. The van der Waals surface area contributed by atoms with Crippen LogP contribution in [0.4, 0.5) is 0 Å². The lowest BCUT2D eigenvalue weighted by molar-refractivity contribution is -0.116. The largest absolute Gasteiger partial charge is 0.495 e. The number of aliphatic hydroxyl groups is 1. The van der Waals surface area contributed by atoms with Gasteiger partial charge in [0.1, 0.15) is 11.4 Å². The van der Waals surface area contributed by atoms with Crippen molar-refractivity contribution in [1.29, 1.82) is 0 Å². The van der Waals surface area contributed by atoms with Crippen molar-refractivity contribution in [2.45, 2.75) is 43.8 Å². The van der Waals surface area contributed by atoms with Crippen LogP contribution in [0.15, 0.2) is 11.8 Å². The first-order chi connectivity index (χ1) is 6.77. The molecule has 80 valence electrons. The van der Waals surface area contributed by atoms with Gasteiger partial charge in [0.2, 0.25) is 0 Å². The van der Waals surface area contributed by atoms with Crippen LogP contribution >= 0.6 is 0 Å². The smallest absolute Gasteiger partial charge is 0.147 e. The van der Waals surface area contributed by atoms with Crippen LogP contribution in [-0.4, -0.2) is 30.5 Å². The molecule has 0 bridgehead atoms. The minimum Gasteiger partial charge on any atom is -0.495 e. The molecule has 2 aliphatic rings. The summed E-state index contributed by atoms with van der Waals surface area (Å²) >= 11 is 0. The van der Waals surface area contributed by atoms with Crippen molar-refractivity contribution in [2.75, 3.05) is 13.7 Å². The van der Waals surface area contributed by atoms with Gasteiger partial charge in [-0.1, -0.05) is 6.42 Å². The number of hydrogen-bond donors (Lipinski definition) is 1. The monoisotopic (exact) mass is 198 g/mol. The van der Waals surface area contributed by atoms with Gasteiger partial charge >= 0.3 is 0 Å². The van der Waals surface area contributed by atoms with Gasteiger partial charge in [-0.05, 0) is 25.3 Å². The molecule has 3 heteroatoms. The first-order valence-electron chi connectivity index (χ1n) is 5.36. The Morgan fingerprint density at radius 2 is 2.43 bits per heavy atom. The van der Waals surface area contributed by atoms with Crippen LogP contribution in [0.3, 0.4) is 0 Å². The second kappa shape index (κ2) is 3.91. The molecule has 2 atom stereocenters. The van der Waals surface area contributed by atoms with Gasteiger partial charge in [0.25, 0.3) is 0 Å². The lowest BCUT2D eigenvalue weighted by atomic mass is 9.80. The van der Waals surface area contributed by atoms with E-state index in [1.165, 1.54) is 0 Å². The number of ether oxygens (including phenoxy) is 2. The van der Waals surface area contributed by atoms with Crippen LogP contribution in [-0.2, 0) is 9.47 Å². The highest BCUT2D eigenvalue weighted by atomic mass is 16.5. The average molecular weight is 198 g/mol. The molecule has 0 saturated heterocycles. The molecule has 0 aromatic heterocycles. The number of methoxy groups -OCH3 is 1. The number of rotatable bonds is 2. The van der Waals surface area contributed by atoms with Crippen LogP contribution in [0.25, 0.3) is 0 Å². The van der Waals surface area contributed by atoms with Crippen molar-refractivity contribution in [3.8, 4) is 0 Å². The van der Waals surface area contributed by atoms with Crippen LogP contribution in [0, 0.1) is 0 Å². The summed E-state index contributed by atoms with van der Waals surface area (Å²) in [5, 5.41) is 10.5. The summed E-state index contributed by atoms with van der Waals surface area (Å²) in [5.74, 6) is 0.740. The average Bonchev–Trinajstić information content (AvgIpc) is 2.72. The van der Waals surface area contributed by atoms with Gasteiger partial charge in [-0.25, -0.2) is 0 Å². The Labute approximate surface area is 84.7 Å². The van der Waals surface area contributed by atoms with E-state index >= 15 is 0 Å². The van der Waals surface area contributed by atoms with Gasteiger partial charge in [0.15, 0.2) is 0 Å². The minimum absolute atomic E-state index is 0.0967. The molecule has 0 amide bonds. The third-order valence-electron chi connectivity index (χ3n) is 3.22. The molecule has 1 saturated carbocycles. The lowest BCUT2D eigenvalue weighted by Crippen LogP contribution is -2.47. The minimum atomic E-state index is -0.858. The quantitative estimate of drug-likeness (QED) is 0.732. The molecule has 1 heterocycles. The fourth-order valence-electron chi connectivity index (χ4n) is 2.44. The fourth-order valence-corrected chi connectivity index (χ4v) is 2.44. The van der Waals surface area contributed by atoms with E-state index < -0.39 is 5.60 Å². The summed E-state index contributed by atoms with van der Waals surface area (Å²) in [6.45, 7) is 0.702. The molecule has 1 fully saturated rings. The molecule has 0 spiro atoms. The second-order valence-corrected chi connectivity index (χ2v) is 4.10.